The highest BCUT2D eigenvalue weighted by atomic mass is 16.4. The van der Waals surface area contributed by atoms with Crippen LogP contribution in [-0.2, 0) is 11.2 Å². The number of carboxylic acid groups (broad SMARTS) is 1. The van der Waals surface area contributed by atoms with Gasteiger partial charge in [0.25, 0.3) is 0 Å². The van der Waals surface area contributed by atoms with Gasteiger partial charge in [-0.1, -0.05) is 13.0 Å². The Balaban J connectivity index is 1.81. The molecule has 1 atom stereocenters. The van der Waals surface area contributed by atoms with E-state index in [1.54, 1.807) is 0 Å². The van der Waals surface area contributed by atoms with Crippen LogP contribution >= 0.6 is 0 Å². The van der Waals surface area contributed by atoms with Gasteiger partial charge >= 0.3 is 5.97 Å². The Kier molecular flexibility index (Phi) is 5.53. The number of hydrogen-bond donors (Lipinski definition) is 1. The minimum atomic E-state index is -0.754. The molecule has 0 aliphatic carbocycles. The number of nitrogens with zero attached hydrogens (tertiary/aromatic N) is 3. The normalized spacial score (nSPS) is 18.5. The van der Waals surface area contributed by atoms with Gasteiger partial charge in [0.15, 0.2) is 0 Å². The molecular weight excluding hydrogens is 314 g/mol. The quantitative estimate of drug-likeness (QED) is 0.905. The number of aryl methyl sites for hydroxylation is 1. The number of benzene rings is 1. The van der Waals surface area contributed by atoms with E-state index in [-0.39, 0.29) is 6.54 Å². The summed E-state index contributed by atoms with van der Waals surface area (Å²) in [6.07, 6.45) is 6.02. The maximum absolute atomic E-state index is 11.0. The van der Waals surface area contributed by atoms with Gasteiger partial charge in [-0.2, -0.15) is 0 Å². The second-order valence-corrected chi connectivity index (χ2v) is 6.92. The third-order valence-electron chi connectivity index (χ3n) is 5.24. The summed E-state index contributed by atoms with van der Waals surface area (Å²) in [6, 6.07) is 8.97. The van der Waals surface area contributed by atoms with E-state index in [1.165, 1.54) is 16.6 Å². The fraction of sp³-hybridized carbons (Fsp3) is 0.500. The van der Waals surface area contributed by atoms with Crippen molar-refractivity contribution in [1.82, 2.24) is 9.88 Å². The highest BCUT2D eigenvalue weighted by molar-refractivity contribution is 5.92. The van der Waals surface area contributed by atoms with Gasteiger partial charge in [-0.25, -0.2) is 0 Å². The van der Waals surface area contributed by atoms with E-state index in [1.807, 2.05) is 18.1 Å². The maximum atomic E-state index is 11.0. The van der Waals surface area contributed by atoms with Gasteiger partial charge in [-0.15, -0.1) is 0 Å². The fourth-order valence-corrected chi connectivity index (χ4v) is 3.78. The number of carboxylic acids is 1. The summed E-state index contributed by atoms with van der Waals surface area (Å²) in [4.78, 5) is 19.9. The molecule has 5 nitrogen and oxygen atoms in total. The van der Waals surface area contributed by atoms with E-state index in [0.29, 0.717) is 6.04 Å². The standard InChI is InChI=1S/C20H27N3O2/c1-3-15-6-7-18-17(13-15)19(8-10-21-18)23-11-4-5-16(9-12-23)22(2)14-20(24)25/h6-8,10,13,16H,3-5,9,11-12,14H2,1-2H3,(H,24,25). The van der Waals surface area contributed by atoms with E-state index in [0.717, 1.165) is 44.3 Å². The van der Waals surface area contributed by atoms with Gasteiger partial charge in [0, 0.05) is 36.4 Å². The van der Waals surface area contributed by atoms with Crippen molar-refractivity contribution in [2.24, 2.45) is 0 Å². The van der Waals surface area contributed by atoms with Crippen LogP contribution in [-0.4, -0.2) is 53.7 Å². The lowest BCUT2D eigenvalue weighted by atomic mass is 10.1. The lowest BCUT2D eigenvalue weighted by molar-refractivity contribution is -0.138. The summed E-state index contributed by atoms with van der Waals surface area (Å²) in [5, 5.41) is 10.2. The van der Waals surface area contributed by atoms with Gasteiger partial charge < -0.3 is 10.0 Å². The molecule has 25 heavy (non-hydrogen) atoms. The molecule has 0 radical (unpaired) electrons. The van der Waals surface area contributed by atoms with Gasteiger partial charge in [0.05, 0.1) is 12.1 Å². The number of likely N-dealkylation sites (N-methyl/N-ethyl adjacent to an activating group) is 1. The molecule has 5 heteroatoms. The minimum Gasteiger partial charge on any atom is -0.480 e. The van der Waals surface area contributed by atoms with Crippen LogP contribution in [0.1, 0.15) is 31.7 Å². The molecule has 0 spiro atoms. The highest BCUT2D eigenvalue weighted by Crippen LogP contribution is 2.29. The molecule has 3 rings (SSSR count). The lowest BCUT2D eigenvalue weighted by Crippen LogP contribution is -2.36. The number of hydrogen-bond acceptors (Lipinski definition) is 4. The summed E-state index contributed by atoms with van der Waals surface area (Å²) in [5.41, 5.74) is 3.62. The molecule has 1 fully saturated rings. The van der Waals surface area contributed by atoms with Crippen molar-refractivity contribution in [3.8, 4) is 0 Å². The van der Waals surface area contributed by atoms with E-state index >= 15 is 0 Å². The van der Waals surface area contributed by atoms with E-state index in [2.05, 4.69) is 41.1 Å². The van der Waals surface area contributed by atoms with Crippen LogP contribution in [0.4, 0.5) is 5.69 Å². The molecular formula is C20H27N3O2. The second-order valence-electron chi connectivity index (χ2n) is 6.92. The molecule has 1 aromatic heterocycles. The van der Waals surface area contributed by atoms with Crippen LogP contribution in [0, 0.1) is 0 Å². The zero-order valence-electron chi connectivity index (χ0n) is 15.1. The Hall–Kier alpha value is -2.14. The van der Waals surface area contributed by atoms with Crippen molar-refractivity contribution < 1.29 is 9.90 Å². The van der Waals surface area contributed by atoms with Crippen LogP contribution in [0.3, 0.4) is 0 Å². The number of pyridine rings is 1. The summed E-state index contributed by atoms with van der Waals surface area (Å²) in [7, 11) is 1.92. The molecule has 1 aliphatic heterocycles. The Bertz CT molecular complexity index is 747. The summed E-state index contributed by atoms with van der Waals surface area (Å²) in [6.45, 7) is 4.24. The average Bonchev–Trinajstić information content (AvgIpc) is 2.86. The van der Waals surface area contributed by atoms with Gasteiger partial charge in [0.1, 0.15) is 0 Å². The Morgan fingerprint density at radius 2 is 2.16 bits per heavy atom. The van der Waals surface area contributed by atoms with E-state index in [4.69, 9.17) is 5.11 Å². The minimum absolute atomic E-state index is 0.114. The number of carbonyl (C=O) groups is 1. The molecule has 1 N–H and O–H groups in total. The lowest BCUT2D eigenvalue weighted by Gasteiger charge is -2.27. The average molecular weight is 341 g/mol. The molecule has 134 valence electrons. The van der Waals surface area contributed by atoms with Crippen LogP contribution in [0.5, 0.6) is 0 Å². The molecule has 2 heterocycles. The van der Waals surface area contributed by atoms with Crippen LogP contribution < -0.4 is 4.90 Å². The second kappa shape index (κ2) is 7.83. The van der Waals surface area contributed by atoms with Crippen LogP contribution in [0.2, 0.25) is 0 Å². The van der Waals surface area contributed by atoms with Crippen molar-refractivity contribution in [3.63, 3.8) is 0 Å². The molecule has 1 aromatic carbocycles. The van der Waals surface area contributed by atoms with Crippen LogP contribution in [0.25, 0.3) is 10.9 Å². The smallest absolute Gasteiger partial charge is 0.317 e. The van der Waals surface area contributed by atoms with Crippen molar-refractivity contribution in [2.45, 2.75) is 38.6 Å². The monoisotopic (exact) mass is 341 g/mol. The zero-order chi connectivity index (χ0) is 17.8. The topological polar surface area (TPSA) is 56.7 Å². The number of aliphatic carboxylic acids is 1. The van der Waals surface area contributed by atoms with E-state index in [9.17, 15) is 4.79 Å². The first-order valence-corrected chi connectivity index (χ1v) is 9.13. The summed E-state index contributed by atoms with van der Waals surface area (Å²) < 4.78 is 0. The Labute approximate surface area is 149 Å². The van der Waals surface area contributed by atoms with Crippen molar-refractivity contribution in [3.05, 3.63) is 36.0 Å². The molecule has 0 amide bonds. The number of anilines is 1. The molecule has 2 aromatic rings. The maximum Gasteiger partial charge on any atom is 0.317 e. The number of fused-ring (bicyclic) bond motifs is 1. The first kappa shape index (κ1) is 17.7. The molecule has 0 bridgehead atoms. The third-order valence-corrected chi connectivity index (χ3v) is 5.24. The fourth-order valence-electron chi connectivity index (χ4n) is 3.78. The zero-order valence-corrected chi connectivity index (χ0v) is 15.1. The number of rotatable bonds is 5. The predicted molar refractivity (Wildman–Crippen MR) is 101 cm³/mol. The molecule has 1 aliphatic rings. The van der Waals surface area contributed by atoms with Crippen LogP contribution in [0.15, 0.2) is 30.5 Å². The number of aromatic nitrogens is 1. The third kappa shape index (κ3) is 4.10. The highest BCUT2D eigenvalue weighted by Gasteiger charge is 2.22. The van der Waals surface area contributed by atoms with E-state index < -0.39 is 5.97 Å². The largest absolute Gasteiger partial charge is 0.480 e. The molecule has 1 unspecified atom stereocenters. The summed E-state index contributed by atoms with van der Waals surface area (Å²) in [5.74, 6) is -0.754. The first-order chi connectivity index (χ1) is 12.1. The SMILES string of the molecule is CCc1ccc2nccc(N3CCCC(N(C)CC(=O)O)CC3)c2c1. The summed E-state index contributed by atoms with van der Waals surface area (Å²) >= 11 is 0. The van der Waals surface area contributed by atoms with Gasteiger partial charge in [-0.05, 0) is 56.5 Å². The Morgan fingerprint density at radius 1 is 1.32 bits per heavy atom. The van der Waals surface area contributed by atoms with Gasteiger partial charge in [0.2, 0.25) is 0 Å². The van der Waals surface area contributed by atoms with Crippen molar-refractivity contribution >= 4 is 22.6 Å². The first-order valence-electron chi connectivity index (χ1n) is 9.13. The van der Waals surface area contributed by atoms with Gasteiger partial charge in [-0.3, -0.25) is 14.7 Å². The molecule has 0 saturated carbocycles. The predicted octanol–water partition coefficient (Wildman–Crippen LogP) is 3.17. The van der Waals surface area contributed by atoms with Crippen molar-refractivity contribution in [1.29, 1.82) is 0 Å². The molecule has 1 saturated heterocycles. The Morgan fingerprint density at radius 3 is 2.92 bits per heavy atom. The van der Waals surface area contributed by atoms with Crippen molar-refractivity contribution in [2.75, 3.05) is 31.6 Å².